The number of aliphatic hydroxyl groups excluding tert-OH is 1. The van der Waals surface area contributed by atoms with Crippen molar-refractivity contribution in [2.24, 2.45) is 0 Å². The highest BCUT2D eigenvalue weighted by molar-refractivity contribution is 6.74. The summed E-state index contributed by atoms with van der Waals surface area (Å²) in [5, 5.41) is 10.2. The molecular formula is C20H32N2O7Si. The molecule has 0 radical (unpaired) electrons. The van der Waals surface area contributed by atoms with Crippen LogP contribution in [0, 0.1) is 0 Å². The average Bonchev–Trinajstić information content (AvgIpc) is 2.94. The second-order valence-corrected chi connectivity index (χ2v) is 14.1. The van der Waals surface area contributed by atoms with Gasteiger partial charge in [-0.25, -0.2) is 4.79 Å². The Hall–Kier alpha value is -2.04. The number of rotatable bonds is 8. The van der Waals surface area contributed by atoms with E-state index in [1.807, 2.05) is 33.9 Å². The van der Waals surface area contributed by atoms with Gasteiger partial charge in [-0.3, -0.25) is 14.4 Å². The lowest BCUT2D eigenvalue weighted by atomic mass is 9.90. The molecule has 9 nitrogen and oxygen atoms in total. The van der Waals surface area contributed by atoms with Crippen molar-refractivity contribution in [3.63, 3.8) is 0 Å². The van der Waals surface area contributed by atoms with E-state index in [2.05, 4.69) is 6.58 Å². The number of likely N-dealkylation sites (tertiary alicyclic amines) is 2. The topological polar surface area (TPSA) is 113 Å². The number of carbonyl (C=O) groups is 4. The molecule has 0 aromatic rings. The van der Waals surface area contributed by atoms with Crippen molar-refractivity contribution in [1.29, 1.82) is 0 Å². The number of fused-ring (bicyclic) bond motifs is 1. The zero-order valence-corrected chi connectivity index (χ0v) is 19.5. The zero-order chi connectivity index (χ0) is 23.0. The smallest absolute Gasteiger partial charge is 0.337 e. The third-order valence-corrected chi connectivity index (χ3v) is 10.7. The second-order valence-electron chi connectivity index (χ2n) is 9.26. The molecule has 2 aliphatic rings. The Morgan fingerprint density at radius 2 is 1.93 bits per heavy atom. The molecule has 2 fully saturated rings. The van der Waals surface area contributed by atoms with Crippen molar-refractivity contribution in [1.82, 2.24) is 9.80 Å². The van der Waals surface area contributed by atoms with Crippen LogP contribution in [-0.2, 0) is 28.3 Å². The van der Waals surface area contributed by atoms with E-state index in [1.54, 1.807) is 0 Å². The number of aliphatic hydroxyl groups is 1. The maximum absolute atomic E-state index is 13.0. The molecule has 0 aromatic heterocycles. The molecule has 30 heavy (non-hydrogen) atoms. The Bertz CT molecular complexity index is 746. The molecule has 168 valence electrons. The number of carbonyl (C=O) groups excluding carboxylic acids is 4. The minimum absolute atomic E-state index is 0.0318. The molecule has 1 N–H and O–H groups in total. The third-order valence-electron chi connectivity index (χ3n) is 6.20. The number of hydrogen-bond acceptors (Lipinski definition) is 7. The van der Waals surface area contributed by atoms with Gasteiger partial charge in [-0.2, -0.15) is 0 Å². The molecule has 0 unspecified atom stereocenters. The molecule has 0 spiro atoms. The fourth-order valence-corrected chi connectivity index (χ4v) is 4.38. The van der Waals surface area contributed by atoms with Gasteiger partial charge in [0.25, 0.3) is 0 Å². The van der Waals surface area contributed by atoms with E-state index in [0.29, 0.717) is 0 Å². The van der Waals surface area contributed by atoms with Gasteiger partial charge in [0, 0.05) is 13.5 Å². The highest BCUT2D eigenvalue weighted by Gasteiger charge is 2.63. The Kier molecular flexibility index (Phi) is 6.95. The Labute approximate surface area is 178 Å². The number of ether oxygens (including phenoxy) is 1. The van der Waals surface area contributed by atoms with Crippen LogP contribution in [0.3, 0.4) is 0 Å². The lowest BCUT2D eigenvalue weighted by Crippen LogP contribution is -2.74. The SMILES string of the molecule is C=CCOC(=O)[C@H](C(=O)CO[Si](C)(C)C(C)(C)C)N1C(=O)[C@@H]2[C@H]1[C@@H](O)CN2C(C)=O. The zero-order valence-electron chi connectivity index (χ0n) is 18.5. The highest BCUT2D eigenvalue weighted by atomic mass is 28.4. The molecule has 0 bridgehead atoms. The van der Waals surface area contributed by atoms with Gasteiger partial charge in [-0.05, 0) is 18.1 Å². The number of nitrogens with zero attached hydrogens (tertiary/aromatic N) is 2. The lowest BCUT2D eigenvalue weighted by Gasteiger charge is -2.48. The van der Waals surface area contributed by atoms with E-state index in [9.17, 15) is 24.3 Å². The van der Waals surface area contributed by atoms with Gasteiger partial charge in [-0.15, -0.1) is 0 Å². The molecule has 2 amide bonds. The fourth-order valence-electron chi connectivity index (χ4n) is 3.44. The molecule has 4 atom stereocenters. The van der Waals surface area contributed by atoms with E-state index in [4.69, 9.17) is 9.16 Å². The Balaban J connectivity index is 2.25. The fraction of sp³-hybridized carbons (Fsp3) is 0.700. The van der Waals surface area contributed by atoms with Gasteiger partial charge in [0.15, 0.2) is 20.1 Å². The third kappa shape index (κ3) is 4.35. The predicted octanol–water partition coefficient (Wildman–Crippen LogP) is 0.478. The summed E-state index contributed by atoms with van der Waals surface area (Å²) in [7, 11) is -2.28. The molecule has 0 saturated carbocycles. The van der Waals surface area contributed by atoms with Gasteiger partial charge in [0.05, 0.1) is 18.8 Å². The summed E-state index contributed by atoms with van der Waals surface area (Å²) in [5.41, 5.74) is 0. The first kappa shape index (κ1) is 24.2. The van der Waals surface area contributed by atoms with E-state index in [1.165, 1.54) is 17.9 Å². The molecular weight excluding hydrogens is 408 g/mol. The maximum Gasteiger partial charge on any atom is 0.337 e. The number of amides is 2. The minimum atomic E-state index is -2.28. The van der Waals surface area contributed by atoms with Crippen molar-refractivity contribution in [3.8, 4) is 0 Å². The number of hydrogen-bond donors (Lipinski definition) is 1. The molecule has 10 heteroatoms. The van der Waals surface area contributed by atoms with E-state index < -0.39 is 50.2 Å². The normalized spacial score (nSPS) is 24.8. The first-order valence-corrected chi connectivity index (χ1v) is 12.9. The Morgan fingerprint density at radius 3 is 2.43 bits per heavy atom. The number of β-amino-alcohol motifs (C(OH)–C–C–N with tert-alkyl or cyclic N) is 1. The monoisotopic (exact) mass is 440 g/mol. The van der Waals surface area contributed by atoms with Crippen LogP contribution in [0.25, 0.3) is 0 Å². The number of ketones is 1. The number of β-lactam (4-membered cyclic amide) rings is 1. The summed E-state index contributed by atoms with van der Waals surface area (Å²) in [4.78, 5) is 52.6. The highest BCUT2D eigenvalue weighted by Crippen LogP contribution is 2.38. The lowest BCUT2D eigenvalue weighted by molar-refractivity contribution is -0.176. The van der Waals surface area contributed by atoms with Gasteiger partial charge in [0.2, 0.25) is 11.8 Å². The summed E-state index contributed by atoms with van der Waals surface area (Å²) in [6, 6.07) is -3.24. The van der Waals surface area contributed by atoms with Crippen LogP contribution in [0.4, 0.5) is 0 Å². The largest absolute Gasteiger partial charge is 0.460 e. The van der Waals surface area contributed by atoms with Crippen LogP contribution in [0.15, 0.2) is 12.7 Å². The minimum Gasteiger partial charge on any atom is -0.460 e. The molecule has 2 rings (SSSR count). The van der Waals surface area contributed by atoms with Gasteiger partial charge >= 0.3 is 5.97 Å². The molecule has 2 heterocycles. The van der Waals surface area contributed by atoms with Crippen molar-refractivity contribution >= 4 is 31.9 Å². The van der Waals surface area contributed by atoms with Crippen molar-refractivity contribution in [2.75, 3.05) is 19.8 Å². The van der Waals surface area contributed by atoms with Crippen molar-refractivity contribution in [2.45, 2.75) is 70.1 Å². The summed E-state index contributed by atoms with van der Waals surface area (Å²) < 4.78 is 11.0. The predicted molar refractivity (Wildman–Crippen MR) is 111 cm³/mol. The Morgan fingerprint density at radius 1 is 1.33 bits per heavy atom. The molecule has 0 aromatic carbocycles. The van der Waals surface area contributed by atoms with Crippen LogP contribution in [-0.4, -0.2) is 90.8 Å². The molecule has 2 saturated heterocycles. The number of Topliss-reactive ketones (excluding diaryl/α,β-unsaturated/α-hetero) is 1. The first-order chi connectivity index (χ1) is 13.7. The van der Waals surface area contributed by atoms with Gasteiger partial charge in [-0.1, -0.05) is 33.4 Å². The second kappa shape index (κ2) is 8.60. The molecule has 0 aliphatic carbocycles. The summed E-state index contributed by atoms with van der Waals surface area (Å²) in [5.74, 6) is -2.44. The first-order valence-electron chi connectivity index (χ1n) is 9.96. The summed E-state index contributed by atoms with van der Waals surface area (Å²) in [6.45, 7) is 14.3. The summed E-state index contributed by atoms with van der Waals surface area (Å²) >= 11 is 0. The van der Waals surface area contributed by atoms with E-state index in [-0.39, 0.29) is 30.7 Å². The van der Waals surface area contributed by atoms with Crippen LogP contribution >= 0.6 is 0 Å². The van der Waals surface area contributed by atoms with Crippen molar-refractivity contribution < 1.29 is 33.4 Å². The van der Waals surface area contributed by atoms with Crippen molar-refractivity contribution in [3.05, 3.63) is 12.7 Å². The van der Waals surface area contributed by atoms with Gasteiger partial charge in [0.1, 0.15) is 12.6 Å². The standard InChI is InChI=1S/C20H32N2O7Si/c1-8-9-28-19(27)16(14(25)11-29-30(6,7)20(3,4)5)22-15-13(24)10-21(12(2)23)17(15)18(22)26/h8,13,15-17,24H,1,9-11H2,2-7H3/t13-,15+,16-,17-/m0/s1. The quantitative estimate of drug-likeness (QED) is 0.192. The van der Waals surface area contributed by atoms with E-state index >= 15 is 0 Å². The molecule has 2 aliphatic heterocycles. The number of esters is 1. The van der Waals surface area contributed by atoms with Crippen LogP contribution < -0.4 is 0 Å². The average molecular weight is 441 g/mol. The van der Waals surface area contributed by atoms with Crippen LogP contribution in [0.2, 0.25) is 18.1 Å². The van der Waals surface area contributed by atoms with Gasteiger partial charge < -0.3 is 24.1 Å². The summed E-state index contributed by atoms with van der Waals surface area (Å²) in [6.07, 6.45) is 0.300. The van der Waals surface area contributed by atoms with Crippen LogP contribution in [0.1, 0.15) is 27.7 Å². The van der Waals surface area contributed by atoms with E-state index in [0.717, 1.165) is 4.90 Å². The van der Waals surface area contributed by atoms with Crippen LogP contribution in [0.5, 0.6) is 0 Å². The maximum atomic E-state index is 13.0.